The first-order valence-electron chi connectivity index (χ1n) is 11.1. The molecule has 0 fully saturated rings. The van der Waals surface area contributed by atoms with Gasteiger partial charge in [0.05, 0.1) is 13.3 Å². The van der Waals surface area contributed by atoms with Gasteiger partial charge in [0.2, 0.25) is 0 Å². The van der Waals surface area contributed by atoms with E-state index in [1.54, 1.807) is 13.3 Å². The summed E-state index contributed by atoms with van der Waals surface area (Å²) in [4.78, 5) is 12.4. The molecular weight excluding hydrogens is 448 g/mol. The summed E-state index contributed by atoms with van der Waals surface area (Å²) < 4.78 is 11.5. The Bertz CT molecular complexity index is 1170. The minimum Gasteiger partial charge on any atom is -0.496 e. The lowest BCUT2D eigenvalue weighted by Gasteiger charge is -2.18. The molecule has 6 heteroatoms. The molecule has 0 spiro atoms. The minimum absolute atomic E-state index is 0.0359. The Hall–Kier alpha value is -3.31. The number of benzene rings is 3. The summed E-state index contributed by atoms with van der Waals surface area (Å²) in [5, 5.41) is 4.86. The highest BCUT2D eigenvalue weighted by Gasteiger charge is 2.14. The van der Waals surface area contributed by atoms with Gasteiger partial charge in [0.15, 0.2) is 0 Å². The number of rotatable bonds is 7. The highest BCUT2D eigenvalue weighted by atomic mass is 35.5. The second-order valence-corrected chi connectivity index (χ2v) is 9.64. The topological polar surface area (TPSA) is 59.9 Å². The van der Waals surface area contributed by atoms with E-state index in [0.717, 1.165) is 33.0 Å². The molecule has 3 rings (SSSR count). The van der Waals surface area contributed by atoms with Crippen LogP contribution in [0.1, 0.15) is 58.9 Å². The van der Waals surface area contributed by atoms with Crippen molar-refractivity contribution in [2.24, 2.45) is 5.10 Å². The van der Waals surface area contributed by atoms with Crippen LogP contribution in [-0.2, 0) is 12.0 Å². The van der Waals surface area contributed by atoms with Gasteiger partial charge in [0, 0.05) is 16.1 Å². The maximum atomic E-state index is 12.4. The van der Waals surface area contributed by atoms with Crippen LogP contribution in [0.3, 0.4) is 0 Å². The lowest BCUT2D eigenvalue weighted by Crippen LogP contribution is -2.18. The molecule has 34 heavy (non-hydrogen) atoms. The summed E-state index contributed by atoms with van der Waals surface area (Å²) in [6.07, 6.45) is 1.60. The number of aryl methyl sites for hydroxylation is 2. The number of nitrogens with zero attached hydrogens (tertiary/aromatic N) is 1. The third-order valence-electron chi connectivity index (χ3n) is 5.50. The highest BCUT2D eigenvalue weighted by Crippen LogP contribution is 2.28. The van der Waals surface area contributed by atoms with Gasteiger partial charge in [-0.05, 0) is 84.0 Å². The number of hydrazone groups is 1. The van der Waals surface area contributed by atoms with Gasteiger partial charge in [0.25, 0.3) is 5.91 Å². The number of halogens is 1. The van der Waals surface area contributed by atoms with Crippen LogP contribution in [0.15, 0.2) is 59.7 Å². The van der Waals surface area contributed by atoms with Crippen molar-refractivity contribution < 1.29 is 14.3 Å². The van der Waals surface area contributed by atoms with Crippen LogP contribution in [0.25, 0.3) is 0 Å². The summed E-state index contributed by atoms with van der Waals surface area (Å²) in [7, 11) is 1.62. The monoisotopic (exact) mass is 478 g/mol. The average Bonchev–Trinajstić information content (AvgIpc) is 2.80. The van der Waals surface area contributed by atoms with Crippen molar-refractivity contribution >= 4 is 23.7 Å². The number of methoxy groups -OCH3 is 1. The number of hydrogen-bond acceptors (Lipinski definition) is 4. The smallest absolute Gasteiger partial charge is 0.271 e. The van der Waals surface area contributed by atoms with E-state index < -0.39 is 0 Å². The molecule has 178 valence electrons. The summed E-state index contributed by atoms with van der Waals surface area (Å²) in [6, 6.07) is 17.0. The number of amides is 1. The van der Waals surface area contributed by atoms with Crippen molar-refractivity contribution in [3.05, 3.63) is 93.0 Å². The number of nitrogens with one attached hydrogen (secondary N) is 1. The van der Waals surface area contributed by atoms with Gasteiger partial charge in [-0.25, -0.2) is 5.43 Å². The molecule has 1 N–H and O–H groups in total. The Morgan fingerprint density at radius 3 is 2.26 bits per heavy atom. The zero-order valence-electron chi connectivity index (χ0n) is 20.5. The van der Waals surface area contributed by atoms with Crippen LogP contribution in [-0.4, -0.2) is 19.2 Å². The van der Waals surface area contributed by atoms with Crippen molar-refractivity contribution in [1.82, 2.24) is 5.43 Å². The van der Waals surface area contributed by atoms with Crippen LogP contribution in [0.4, 0.5) is 0 Å². The van der Waals surface area contributed by atoms with E-state index in [0.29, 0.717) is 17.9 Å². The summed E-state index contributed by atoms with van der Waals surface area (Å²) in [5.74, 6) is 1.19. The first kappa shape index (κ1) is 25.3. The third-order valence-corrected chi connectivity index (χ3v) is 6.10. The average molecular weight is 479 g/mol. The molecule has 0 aliphatic carbocycles. The van der Waals surface area contributed by atoms with E-state index in [1.807, 2.05) is 68.4 Å². The second-order valence-electron chi connectivity index (χ2n) is 9.26. The predicted molar refractivity (Wildman–Crippen MR) is 138 cm³/mol. The molecule has 0 bridgehead atoms. The first-order valence-corrected chi connectivity index (χ1v) is 11.5. The summed E-state index contributed by atoms with van der Waals surface area (Å²) >= 11 is 6.25. The van der Waals surface area contributed by atoms with E-state index in [-0.39, 0.29) is 11.3 Å². The van der Waals surface area contributed by atoms with Gasteiger partial charge >= 0.3 is 0 Å². The molecule has 3 aromatic rings. The Morgan fingerprint density at radius 2 is 1.68 bits per heavy atom. The Labute approximate surface area is 206 Å². The van der Waals surface area contributed by atoms with Crippen molar-refractivity contribution in [3.63, 3.8) is 0 Å². The van der Waals surface area contributed by atoms with E-state index in [9.17, 15) is 4.79 Å². The molecular formula is C28H31ClN2O3. The first-order chi connectivity index (χ1) is 16.1. The van der Waals surface area contributed by atoms with Crippen molar-refractivity contribution in [3.8, 4) is 11.5 Å². The molecule has 0 aliphatic heterocycles. The molecule has 0 unspecified atom stereocenters. The molecule has 0 saturated carbocycles. The van der Waals surface area contributed by atoms with Crippen molar-refractivity contribution in [1.29, 1.82) is 0 Å². The minimum atomic E-state index is -0.262. The summed E-state index contributed by atoms with van der Waals surface area (Å²) in [5.41, 5.74) is 7.95. The van der Waals surface area contributed by atoms with Gasteiger partial charge in [-0.3, -0.25) is 4.79 Å². The summed E-state index contributed by atoms with van der Waals surface area (Å²) in [6.45, 7) is 10.6. The van der Waals surface area contributed by atoms with Gasteiger partial charge in [-0.15, -0.1) is 0 Å². The standard InChI is InChI=1S/C28H31ClN2O3/c1-18-13-24(14-19(2)26(18)29)34-17-22-15-20(7-12-25(22)33-6)16-30-31-27(32)21-8-10-23(11-9-21)28(3,4)5/h7-16H,17H2,1-6H3,(H,31,32)/b30-16-. The molecule has 0 aromatic heterocycles. The van der Waals surface area contributed by atoms with Crippen LogP contribution < -0.4 is 14.9 Å². The molecule has 0 saturated heterocycles. The van der Waals surface area contributed by atoms with Crippen LogP contribution in [0, 0.1) is 13.8 Å². The number of ether oxygens (including phenoxy) is 2. The predicted octanol–water partition coefficient (Wildman–Crippen LogP) is 6.61. The van der Waals surface area contributed by atoms with Gasteiger partial charge in [0.1, 0.15) is 18.1 Å². The fourth-order valence-corrected chi connectivity index (χ4v) is 3.60. The van der Waals surface area contributed by atoms with E-state index in [1.165, 1.54) is 5.56 Å². The van der Waals surface area contributed by atoms with Crippen LogP contribution in [0.2, 0.25) is 5.02 Å². The SMILES string of the molecule is COc1ccc(/C=N\NC(=O)c2ccc(C(C)(C)C)cc2)cc1COc1cc(C)c(Cl)c(C)c1. The maximum Gasteiger partial charge on any atom is 0.271 e. The number of hydrogen-bond donors (Lipinski definition) is 1. The highest BCUT2D eigenvalue weighted by molar-refractivity contribution is 6.32. The Kier molecular flexibility index (Phi) is 8.00. The fraction of sp³-hybridized carbons (Fsp3) is 0.286. The van der Waals surface area contributed by atoms with Gasteiger partial charge < -0.3 is 9.47 Å². The lowest BCUT2D eigenvalue weighted by atomic mass is 9.87. The number of carbonyl (C=O) groups is 1. The Morgan fingerprint density at radius 1 is 1.03 bits per heavy atom. The lowest BCUT2D eigenvalue weighted by molar-refractivity contribution is 0.0955. The van der Waals surface area contributed by atoms with Crippen LogP contribution >= 0.6 is 11.6 Å². The zero-order chi connectivity index (χ0) is 24.9. The van der Waals surface area contributed by atoms with E-state index >= 15 is 0 Å². The quantitative estimate of drug-likeness (QED) is 0.307. The number of carbonyl (C=O) groups excluding carboxylic acids is 1. The Balaban J connectivity index is 1.67. The van der Waals surface area contributed by atoms with E-state index in [2.05, 4.69) is 31.3 Å². The molecule has 0 atom stereocenters. The van der Waals surface area contributed by atoms with Crippen molar-refractivity contribution in [2.75, 3.05) is 7.11 Å². The van der Waals surface area contributed by atoms with Gasteiger partial charge in [-0.1, -0.05) is 44.5 Å². The maximum absolute atomic E-state index is 12.4. The van der Waals surface area contributed by atoms with E-state index in [4.69, 9.17) is 21.1 Å². The molecule has 3 aromatic carbocycles. The third kappa shape index (κ3) is 6.39. The molecule has 5 nitrogen and oxygen atoms in total. The zero-order valence-corrected chi connectivity index (χ0v) is 21.3. The molecule has 0 heterocycles. The fourth-order valence-electron chi connectivity index (χ4n) is 3.49. The second kappa shape index (κ2) is 10.7. The molecule has 0 radical (unpaired) electrons. The normalized spacial score (nSPS) is 11.5. The van der Waals surface area contributed by atoms with Crippen molar-refractivity contribution in [2.45, 2.75) is 46.6 Å². The largest absolute Gasteiger partial charge is 0.496 e. The molecule has 1 amide bonds. The molecule has 0 aliphatic rings. The van der Waals surface area contributed by atoms with Gasteiger partial charge in [-0.2, -0.15) is 5.10 Å². The van der Waals surface area contributed by atoms with Crippen LogP contribution in [0.5, 0.6) is 11.5 Å².